The average Bonchev–Trinajstić information content (AvgIpc) is 3.07. The lowest BCUT2D eigenvalue weighted by atomic mass is 9.67. The molecule has 1 aromatic carbocycles. The largest absolute Gasteiger partial charge is 0.272 e. The average molecular weight is 338 g/mol. The molecule has 1 aliphatic heterocycles. The Morgan fingerprint density at radius 1 is 1.20 bits per heavy atom. The molecule has 3 atom stereocenters. The molecular weight excluding hydrogens is 312 g/mol. The molecule has 0 aromatic heterocycles. The van der Waals surface area contributed by atoms with E-state index in [1.165, 1.54) is 0 Å². The van der Waals surface area contributed by atoms with Crippen LogP contribution >= 0.6 is 0 Å². The SMILES string of the molecule is CC(C)=CC(=O)N1[C@@H]2C[C@H]3CC[C@]2(C(=O)N1c1ccccc1)C3(C)C. The number of amides is 2. The van der Waals surface area contributed by atoms with Crippen LogP contribution in [0.5, 0.6) is 0 Å². The maximum atomic E-state index is 13.7. The molecule has 1 spiro atoms. The van der Waals surface area contributed by atoms with Gasteiger partial charge in [0, 0.05) is 6.08 Å². The van der Waals surface area contributed by atoms with Crippen LogP contribution in [0.15, 0.2) is 42.0 Å². The summed E-state index contributed by atoms with van der Waals surface area (Å²) < 4.78 is 0. The molecule has 2 bridgehead atoms. The number of anilines is 1. The molecule has 3 aliphatic rings. The standard InChI is InChI=1S/C21H26N2O2/c1-14(2)12-18(24)23-17-13-15-10-11-21(17,20(15,3)4)19(25)22(23)16-8-6-5-7-9-16/h5-9,12,15,17H,10-11,13H2,1-4H3/t15-,17-,21+/m1/s1. The van der Waals surface area contributed by atoms with Gasteiger partial charge in [0.15, 0.2) is 0 Å². The van der Waals surface area contributed by atoms with Gasteiger partial charge < -0.3 is 0 Å². The van der Waals surface area contributed by atoms with Crippen molar-refractivity contribution in [2.24, 2.45) is 16.7 Å². The van der Waals surface area contributed by atoms with Crippen LogP contribution in [0.1, 0.15) is 47.0 Å². The highest BCUT2D eigenvalue weighted by atomic mass is 16.2. The summed E-state index contributed by atoms with van der Waals surface area (Å²) in [6.45, 7) is 8.29. The van der Waals surface area contributed by atoms with E-state index in [2.05, 4.69) is 13.8 Å². The van der Waals surface area contributed by atoms with Crippen molar-refractivity contribution in [3.63, 3.8) is 0 Å². The summed E-state index contributed by atoms with van der Waals surface area (Å²) in [6, 6.07) is 9.56. The first-order chi connectivity index (χ1) is 11.8. The molecule has 0 radical (unpaired) electrons. The molecule has 2 saturated carbocycles. The van der Waals surface area contributed by atoms with Crippen LogP contribution in [0.25, 0.3) is 0 Å². The molecule has 1 aromatic rings. The Bertz CT molecular complexity index is 763. The number of carbonyl (C=O) groups is 2. The Hall–Kier alpha value is -2.10. The zero-order valence-corrected chi connectivity index (χ0v) is 15.5. The minimum absolute atomic E-state index is 0.0305. The smallest absolute Gasteiger partial charge is 0.265 e. The number of hydrogen-bond donors (Lipinski definition) is 0. The fourth-order valence-electron chi connectivity index (χ4n) is 5.56. The second kappa shape index (κ2) is 5.20. The van der Waals surface area contributed by atoms with Crippen molar-refractivity contribution >= 4 is 17.5 Å². The van der Waals surface area contributed by atoms with Crippen LogP contribution in [0, 0.1) is 16.7 Å². The van der Waals surface area contributed by atoms with Crippen molar-refractivity contribution in [1.82, 2.24) is 5.01 Å². The van der Waals surface area contributed by atoms with Crippen molar-refractivity contribution < 1.29 is 9.59 Å². The van der Waals surface area contributed by atoms with E-state index in [1.807, 2.05) is 44.2 Å². The van der Waals surface area contributed by atoms with Crippen LogP contribution in [0.2, 0.25) is 0 Å². The van der Waals surface area contributed by atoms with Gasteiger partial charge in [0.1, 0.15) is 0 Å². The normalized spacial score (nSPS) is 32.1. The Balaban J connectivity index is 1.87. The predicted octanol–water partition coefficient (Wildman–Crippen LogP) is 3.94. The Kier molecular flexibility index (Phi) is 3.40. The van der Waals surface area contributed by atoms with E-state index in [0.717, 1.165) is 30.5 Å². The monoisotopic (exact) mass is 338 g/mol. The molecule has 132 valence electrons. The molecule has 1 heterocycles. The maximum absolute atomic E-state index is 13.7. The topological polar surface area (TPSA) is 40.6 Å². The summed E-state index contributed by atoms with van der Waals surface area (Å²) in [7, 11) is 0. The minimum Gasteiger partial charge on any atom is -0.272 e. The second-order valence-electron chi connectivity index (χ2n) is 8.54. The van der Waals surface area contributed by atoms with Crippen LogP contribution in [-0.4, -0.2) is 22.9 Å². The van der Waals surface area contributed by atoms with E-state index in [9.17, 15) is 9.59 Å². The van der Waals surface area contributed by atoms with Gasteiger partial charge >= 0.3 is 0 Å². The van der Waals surface area contributed by atoms with Crippen LogP contribution in [-0.2, 0) is 9.59 Å². The highest BCUT2D eigenvalue weighted by Gasteiger charge is 2.75. The molecule has 25 heavy (non-hydrogen) atoms. The van der Waals surface area contributed by atoms with Gasteiger partial charge in [-0.15, -0.1) is 0 Å². The second-order valence-corrected chi connectivity index (χ2v) is 8.54. The zero-order valence-electron chi connectivity index (χ0n) is 15.5. The number of rotatable bonds is 2. The molecule has 1 saturated heterocycles. The molecular formula is C21H26N2O2. The summed E-state index contributed by atoms with van der Waals surface area (Å²) in [6.07, 6.45) is 4.55. The molecule has 2 amide bonds. The lowest BCUT2D eigenvalue weighted by Gasteiger charge is -2.34. The van der Waals surface area contributed by atoms with Gasteiger partial charge in [-0.2, -0.15) is 0 Å². The lowest BCUT2D eigenvalue weighted by Crippen LogP contribution is -2.46. The summed E-state index contributed by atoms with van der Waals surface area (Å²) in [5.74, 6) is 0.535. The molecule has 2 aliphatic carbocycles. The van der Waals surface area contributed by atoms with Crippen LogP contribution in [0.4, 0.5) is 5.69 Å². The lowest BCUT2D eigenvalue weighted by molar-refractivity contribution is -0.131. The number of allylic oxidation sites excluding steroid dienone is 1. The van der Waals surface area contributed by atoms with E-state index in [1.54, 1.807) is 16.1 Å². The summed E-state index contributed by atoms with van der Waals surface area (Å²) in [5.41, 5.74) is 1.22. The quantitative estimate of drug-likeness (QED) is 0.767. The summed E-state index contributed by atoms with van der Waals surface area (Å²) >= 11 is 0. The minimum atomic E-state index is -0.446. The molecule has 4 heteroatoms. The highest BCUT2D eigenvalue weighted by Crippen LogP contribution is 2.70. The van der Waals surface area contributed by atoms with Gasteiger partial charge in [0.05, 0.1) is 17.1 Å². The van der Waals surface area contributed by atoms with Crippen molar-refractivity contribution in [1.29, 1.82) is 0 Å². The first-order valence-electron chi connectivity index (χ1n) is 9.18. The molecule has 3 fully saturated rings. The van der Waals surface area contributed by atoms with Gasteiger partial charge in [-0.05, 0) is 56.6 Å². The number of hydrogen-bond acceptors (Lipinski definition) is 2. The fraction of sp³-hybridized carbons (Fsp3) is 0.524. The number of nitrogens with zero attached hydrogens (tertiary/aromatic N) is 2. The Morgan fingerprint density at radius 2 is 1.88 bits per heavy atom. The zero-order chi connectivity index (χ0) is 18.0. The third kappa shape index (κ3) is 1.94. The van der Waals surface area contributed by atoms with Crippen molar-refractivity contribution in [3.8, 4) is 0 Å². The van der Waals surface area contributed by atoms with E-state index in [4.69, 9.17) is 0 Å². The van der Waals surface area contributed by atoms with Crippen LogP contribution < -0.4 is 5.01 Å². The molecule has 0 unspecified atom stereocenters. The fourth-order valence-corrected chi connectivity index (χ4v) is 5.56. The number of carbonyl (C=O) groups excluding carboxylic acids is 2. The number of fused-ring (bicyclic) bond motifs is 1. The van der Waals surface area contributed by atoms with E-state index in [0.29, 0.717) is 5.92 Å². The van der Waals surface area contributed by atoms with Gasteiger partial charge in [-0.3, -0.25) is 9.59 Å². The van der Waals surface area contributed by atoms with Crippen LogP contribution in [0.3, 0.4) is 0 Å². The van der Waals surface area contributed by atoms with Gasteiger partial charge in [0.25, 0.3) is 11.8 Å². The molecule has 0 N–H and O–H groups in total. The molecule has 4 nitrogen and oxygen atoms in total. The van der Waals surface area contributed by atoms with Crippen molar-refractivity contribution in [2.75, 3.05) is 5.01 Å². The van der Waals surface area contributed by atoms with E-state index < -0.39 is 5.41 Å². The van der Waals surface area contributed by atoms with Gasteiger partial charge in [-0.1, -0.05) is 37.6 Å². The van der Waals surface area contributed by atoms with E-state index in [-0.39, 0.29) is 23.3 Å². The maximum Gasteiger partial charge on any atom is 0.265 e. The third-order valence-corrected chi connectivity index (χ3v) is 6.86. The Morgan fingerprint density at radius 3 is 2.48 bits per heavy atom. The first kappa shape index (κ1) is 16.4. The predicted molar refractivity (Wildman–Crippen MR) is 97.5 cm³/mol. The highest BCUT2D eigenvalue weighted by molar-refractivity contribution is 6.06. The number of para-hydroxylation sites is 1. The number of benzene rings is 1. The molecule has 4 rings (SSSR count). The summed E-state index contributed by atoms with van der Waals surface area (Å²) in [5, 5.41) is 3.42. The first-order valence-corrected chi connectivity index (χ1v) is 9.18. The van der Waals surface area contributed by atoms with Crippen molar-refractivity contribution in [2.45, 2.75) is 53.0 Å². The number of hydrazine groups is 1. The van der Waals surface area contributed by atoms with Crippen molar-refractivity contribution in [3.05, 3.63) is 42.0 Å². The van der Waals surface area contributed by atoms with E-state index >= 15 is 0 Å². The third-order valence-electron chi connectivity index (χ3n) is 6.86. The Labute approximate surface area is 149 Å². The summed E-state index contributed by atoms with van der Waals surface area (Å²) in [4.78, 5) is 26.8. The van der Waals surface area contributed by atoms with Gasteiger partial charge in [-0.25, -0.2) is 10.0 Å². The van der Waals surface area contributed by atoms with Gasteiger partial charge in [0.2, 0.25) is 0 Å².